The van der Waals surface area contributed by atoms with Gasteiger partial charge in [0.25, 0.3) is 0 Å². The van der Waals surface area contributed by atoms with Crippen LogP contribution in [0.3, 0.4) is 0 Å². The SMILES string of the molecule is CCOCCCNCCCC(C)O. The lowest BCUT2D eigenvalue weighted by molar-refractivity contribution is 0.144. The maximum atomic E-state index is 8.98. The minimum atomic E-state index is -0.162. The normalized spacial score (nSPS) is 13.2. The zero-order valence-corrected chi connectivity index (χ0v) is 8.88. The molecule has 0 rings (SSSR count). The number of nitrogens with one attached hydrogen (secondary N) is 1. The molecule has 2 N–H and O–H groups in total. The summed E-state index contributed by atoms with van der Waals surface area (Å²) < 4.78 is 5.20. The molecule has 0 saturated carbocycles. The summed E-state index contributed by atoms with van der Waals surface area (Å²) in [5, 5.41) is 12.3. The second kappa shape index (κ2) is 9.96. The van der Waals surface area contributed by atoms with Crippen LogP contribution in [0.5, 0.6) is 0 Å². The Morgan fingerprint density at radius 1 is 1.31 bits per heavy atom. The number of ether oxygens (including phenoxy) is 1. The lowest BCUT2D eigenvalue weighted by Gasteiger charge is -2.06. The van der Waals surface area contributed by atoms with Gasteiger partial charge in [-0.05, 0) is 46.2 Å². The lowest BCUT2D eigenvalue weighted by atomic mass is 10.2. The van der Waals surface area contributed by atoms with E-state index in [2.05, 4.69) is 5.32 Å². The Bertz CT molecular complexity index is 96.9. The van der Waals surface area contributed by atoms with E-state index in [1.54, 1.807) is 0 Å². The highest BCUT2D eigenvalue weighted by atomic mass is 16.5. The fraction of sp³-hybridized carbons (Fsp3) is 1.00. The molecule has 0 saturated heterocycles. The average molecular weight is 189 g/mol. The molecule has 0 fully saturated rings. The van der Waals surface area contributed by atoms with Gasteiger partial charge in [-0.15, -0.1) is 0 Å². The summed E-state index contributed by atoms with van der Waals surface area (Å²) in [5.74, 6) is 0. The molecule has 0 aliphatic heterocycles. The summed E-state index contributed by atoms with van der Waals surface area (Å²) in [7, 11) is 0. The Morgan fingerprint density at radius 2 is 2.00 bits per heavy atom. The van der Waals surface area contributed by atoms with Crippen molar-refractivity contribution in [2.75, 3.05) is 26.3 Å². The Balaban J connectivity index is 2.84. The summed E-state index contributed by atoms with van der Waals surface area (Å²) >= 11 is 0. The molecule has 0 aromatic heterocycles. The largest absolute Gasteiger partial charge is 0.393 e. The van der Waals surface area contributed by atoms with Crippen molar-refractivity contribution in [2.45, 2.75) is 39.2 Å². The van der Waals surface area contributed by atoms with Crippen molar-refractivity contribution in [3.63, 3.8) is 0 Å². The second-order valence-electron chi connectivity index (χ2n) is 3.29. The highest BCUT2D eigenvalue weighted by Crippen LogP contribution is 1.93. The van der Waals surface area contributed by atoms with Crippen LogP contribution in [-0.2, 0) is 4.74 Å². The number of aliphatic hydroxyl groups excluding tert-OH is 1. The van der Waals surface area contributed by atoms with E-state index >= 15 is 0 Å². The fourth-order valence-electron chi connectivity index (χ4n) is 1.09. The lowest BCUT2D eigenvalue weighted by Crippen LogP contribution is -2.19. The maximum absolute atomic E-state index is 8.98. The van der Waals surface area contributed by atoms with Crippen molar-refractivity contribution in [3.05, 3.63) is 0 Å². The van der Waals surface area contributed by atoms with Crippen LogP contribution < -0.4 is 5.32 Å². The van der Waals surface area contributed by atoms with Crippen molar-refractivity contribution >= 4 is 0 Å². The number of hydrogen-bond acceptors (Lipinski definition) is 3. The molecule has 0 heterocycles. The van der Waals surface area contributed by atoms with Gasteiger partial charge >= 0.3 is 0 Å². The molecule has 13 heavy (non-hydrogen) atoms. The number of hydrogen-bond donors (Lipinski definition) is 2. The van der Waals surface area contributed by atoms with E-state index in [0.717, 1.165) is 45.6 Å². The van der Waals surface area contributed by atoms with Gasteiger partial charge in [-0.1, -0.05) is 0 Å². The first-order valence-electron chi connectivity index (χ1n) is 5.24. The molecule has 0 aliphatic rings. The Morgan fingerprint density at radius 3 is 2.62 bits per heavy atom. The quantitative estimate of drug-likeness (QED) is 0.535. The van der Waals surface area contributed by atoms with Crippen molar-refractivity contribution in [1.82, 2.24) is 5.32 Å². The molecule has 0 aromatic carbocycles. The minimum absolute atomic E-state index is 0.162. The van der Waals surface area contributed by atoms with Crippen molar-refractivity contribution in [3.8, 4) is 0 Å². The molecule has 0 amide bonds. The first-order chi connectivity index (χ1) is 6.27. The van der Waals surface area contributed by atoms with E-state index in [-0.39, 0.29) is 6.10 Å². The molecule has 80 valence electrons. The van der Waals surface area contributed by atoms with Crippen LogP contribution in [0.2, 0.25) is 0 Å². The van der Waals surface area contributed by atoms with Crippen LogP contribution in [0.15, 0.2) is 0 Å². The molecule has 0 bridgehead atoms. The highest BCUT2D eigenvalue weighted by molar-refractivity contribution is 4.51. The summed E-state index contributed by atoms with van der Waals surface area (Å²) in [4.78, 5) is 0. The molecular weight excluding hydrogens is 166 g/mol. The van der Waals surface area contributed by atoms with Crippen molar-refractivity contribution in [1.29, 1.82) is 0 Å². The number of rotatable bonds is 9. The van der Waals surface area contributed by atoms with Crippen LogP contribution >= 0.6 is 0 Å². The Kier molecular flexibility index (Phi) is 9.87. The molecule has 0 radical (unpaired) electrons. The van der Waals surface area contributed by atoms with E-state index in [9.17, 15) is 0 Å². The zero-order chi connectivity index (χ0) is 9.94. The van der Waals surface area contributed by atoms with Crippen LogP contribution in [0, 0.1) is 0 Å². The molecule has 3 nitrogen and oxygen atoms in total. The summed E-state index contributed by atoms with van der Waals surface area (Å²) in [5.41, 5.74) is 0. The summed E-state index contributed by atoms with van der Waals surface area (Å²) in [6, 6.07) is 0. The third kappa shape index (κ3) is 11.9. The monoisotopic (exact) mass is 189 g/mol. The van der Waals surface area contributed by atoms with Gasteiger partial charge in [0.15, 0.2) is 0 Å². The number of aliphatic hydroxyl groups is 1. The molecule has 3 heteroatoms. The predicted octanol–water partition coefficient (Wildman–Crippen LogP) is 1.16. The molecule has 0 aliphatic carbocycles. The molecule has 1 atom stereocenters. The van der Waals surface area contributed by atoms with Crippen LogP contribution in [0.1, 0.15) is 33.1 Å². The smallest absolute Gasteiger partial charge is 0.0512 e. The van der Waals surface area contributed by atoms with Crippen LogP contribution in [0.4, 0.5) is 0 Å². The first-order valence-corrected chi connectivity index (χ1v) is 5.24. The van der Waals surface area contributed by atoms with Gasteiger partial charge in [0.1, 0.15) is 0 Å². The van der Waals surface area contributed by atoms with Gasteiger partial charge in [-0.25, -0.2) is 0 Å². The van der Waals surface area contributed by atoms with Gasteiger partial charge < -0.3 is 15.2 Å². The summed E-state index contributed by atoms with van der Waals surface area (Å²) in [6.07, 6.45) is 2.85. The minimum Gasteiger partial charge on any atom is -0.393 e. The highest BCUT2D eigenvalue weighted by Gasteiger charge is 1.94. The van der Waals surface area contributed by atoms with E-state index in [1.807, 2.05) is 13.8 Å². The van der Waals surface area contributed by atoms with Gasteiger partial charge in [0.2, 0.25) is 0 Å². The van der Waals surface area contributed by atoms with E-state index in [0.29, 0.717) is 0 Å². The van der Waals surface area contributed by atoms with E-state index < -0.39 is 0 Å². The second-order valence-corrected chi connectivity index (χ2v) is 3.29. The molecule has 1 unspecified atom stereocenters. The topological polar surface area (TPSA) is 41.5 Å². The summed E-state index contributed by atoms with van der Waals surface area (Å²) in [6.45, 7) is 7.50. The van der Waals surface area contributed by atoms with Gasteiger partial charge in [0.05, 0.1) is 6.10 Å². The fourth-order valence-corrected chi connectivity index (χ4v) is 1.09. The van der Waals surface area contributed by atoms with Gasteiger partial charge in [-0.3, -0.25) is 0 Å². The van der Waals surface area contributed by atoms with Crippen molar-refractivity contribution < 1.29 is 9.84 Å². The zero-order valence-electron chi connectivity index (χ0n) is 8.88. The molecule has 0 spiro atoms. The first kappa shape index (κ1) is 12.9. The Hall–Kier alpha value is -0.120. The molecular formula is C10H23NO2. The third-order valence-electron chi connectivity index (χ3n) is 1.82. The maximum Gasteiger partial charge on any atom is 0.0512 e. The van der Waals surface area contributed by atoms with Gasteiger partial charge in [0, 0.05) is 13.2 Å². The Labute approximate surface area is 81.5 Å². The predicted molar refractivity (Wildman–Crippen MR) is 54.9 cm³/mol. The van der Waals surface area contributed by atoms with Gasteiger partial charge in [-0.2, -0.15) is 0 Å². The standard InChI is InChI=1S/C10H23NO2/c1-3-13-9-5-8-11-7-4-6-10(2)12/h10-12H,3-9H2,1-2H3. The van der Waals surface area contributed by atoms with Crippen molar-refractivity contribution in [2.24, 2.45) is 0 Å². The molecule has 0 aromatic rings. The van der Waals surface area contributed by atoms with Crippen LogP contribution in [-0.4, -0.2) is 37.5 Å². The third-order valence-corrected chi connectivity index (χ3v) is 1.82. The van der Waals surface area contributed by atoms with E-state index in [1.165, 1.54) is 0 Å². The van der Waals surface area contributed by atoms with E-state index in [4.69, 9.17) is 9.84 Å². The average Bonchev–Trinajstić information content (AvgIpc) is 2.09. The van der Waals surface area contributed by atoms with Crippen LogP contribution in [0.25, 0.3) is 0 Å².